The van der Waals surface area contributed by atoms with Crippen molar-refractivity contribution >= 4 is 40.0 Å². The van der Waals surface area contributed by atoms with Gasteiger partial charge >= 0.3 is 0 Å². The number of rotatable bonds is 4. The lowest BCUT2D eigenvalue weighted by Gasteiger charge is -2.23. The van der Waals surface area contributed by atoms with Crippen LogP contribution in [0.25, 0.3) is 0 Å². The maximum atomic E-state index is 13.1. The molecule has 6 heteroatoms. The number of fused-ring (bicyclic) bond motifs is 1. The summed E-state index contributed by atoms with van der Waals surface area (Å²) in [6, 6.07) is 13.6. The Morgan fingerprint density at radius 3 is 1.86 bits per heavy atom. The molecule has 1 amide bonds. The van der Waals surface area contributed by atoms with Gasteiger partial charge in [-0.2, -0.15) is 0 Å². The van der Waals surface area contributed by atoms with E-state index in [-0.39, 0.29) is 5.91 Å². The summed E-state index contributed by atoms with van der Waals surface area (Å²) in [6.45, 7) is 21.4. The average molecular weight is 553 g/mol. The molecule has 0 aliphatic carbocycles. The Kier molecular flexibility index (Phi) is 27.7. The monoisotopic (exact) mass is 552 g/mol. The van der Waals surface area contributed by atoms with Crippen molar-refractivity contribution in [3.8, 4) is 0 Å². The van der Waals surface area contributed by atoms with Crippen LogP contribution in [0.1, 0.15) is 104 Å². The van der Waals surface area contributed by atoms with Crippen LogP contribution in [0.15, 0.2) is 47.4 Å². The number of carbonyl (C=O) groups excluding carboxylic acids is 1. The zero-order chi connectivity index (χ0) is 29.4. The van der Waals surface area contributed by atoms with Crippen LogP contribution in [0, 0.1) is 0 Å². The highest BCUT2D eigenvalue weighted by Crippen LogP contribution is 2.33. The van der Waals surface area contributed by atoms with Crippen molar-refractivity contribution in [2.45, 2.75) is 99.8 Å². The first-order valence-electron chi connectivity index (χ1n) is 13.9. The molecule has 0 aromatic heterocycles. The van der Waals surface area contributed by atoms with Crippen LogP contribution in [0.2, 0.25) is 0 Å². The van der Waals surface area contributed by atoms with Gasteiger partial charge in [0, 0.05) is 30.4 Å². The first kappa shape index (κ1) is 39.7. The van der Waals surface area contributed by atoms with Crippen LogP contribution in [-0.4, -0.2) is 36.2 Å². The van der Waals surface area contributed by atoms with E-state index >= 15 is 0 Å². The molecule has 0 saturated carbocycles. The van der Waals surface area contributed by atoms with Gasteiger partial charge in [-0.3, -0.25) is 9.10 Å². The Bertz CT molecular complexity index is 852. The molecule has 0 saturated heterocycles. The van der Waals surface area contributed by atoms with Gasteiger partial charge in [0.05, 0.1) is 11.3 Å². The molecule has 37 heavy (non-hydrogen) atoms. The first-order chi connectivity index (χ1) is 17.8. The fraction of sp³-hybridized carbons (Fsp3) is 0.581. The Hall–Kier alpha value is -1.79. The molecule has 0 bridgehead atoms. The molecule has 0 fully saturated rings. The quantitative estimate of drug-likeness (QED) is 0.354. The summed E-state index contributed by atoms with van der Waals surface area (Å²) in [7, 11) is 0.562. The van der Waals surface area contributed by atoms with Gasteiger partial charge in [0.15, 0.2) is 0 Å². The lowest BCUT2D eigenvalue weighted by Crippen LogP contribution is -2.31. The minimum atomic E-state index is -1.18. The van der Waals surface area contributed by atoms with Gasteiger partial charge in [0.2, 0.25) is 0 Å². The molecule has 1 aliphatic rings. The van der Waals surface area contributed by atoms with E-state index < -0.39 is 11.0 Å². The second-order valence-electron chi connectivity index (χ2n) is 7.76. The smallest absolute Gasteiger partial charge is 0.260 e. The molecular weight excluding hydrogens is 496 g/mol. The van der Waals surface area contributed by atoms with Crippen LogP contribution in [0.5, 0.6) is 0 Å². The third-order valence-corrected chi connectivity index (χ3v) is 5.98. The van der Waals surface area contributed by atoms with E-state index in [2.05, 4.69) is 53.9 Å². The number of nitrogens with zero attached hydrogens (tertiary/aromatic N) is 2. The molecule has 1 heterocycles. The van der Waals surface area contributed by atoms with E-state index in [1.165, 1.54) is 29.7 Å². The molecule has 2 aromatic rings. The molecule has 0 N–H and O–H groups in total. The van der Waals surface area contributed by atoms with E-state index in [4.69, 9.17) is 0 Å². The number of hydrogen-bond donors (Lipinski definition) is 0. The summed E-state index contributed by atoms with van der Waals surface area (Å²) in [6.07, 6.45) is 8.28. The van der Waals surface area contributed by atoms with E-state index in [9.17, 15) is 9.00 Å². The minimum Gasteiger partial charge on any atom is -0.308 e. The lowest BCUT2D eigenvalue weighted by molar-refractivity contribution is 0.0990. The molecule has 3 rings (SSSR count). The van der Waals surface area contributed by atoms with Crippen molar-refractivity contribution in [1.82, 2.24) is 0 Å². The van der Waals surface area contributed by atoms with E-state index in [0.29, 0.717) is 17.8 Å². The molecule has 2 aromatic carbocycles. The standard InChI is InChI=1S/C18H20N2O2S2.3C3H8.2C2H6/c1-19(24(3)22)17-7-5-4-6-15(17)18(21)20-11-10-13-12-14(23-2)8-9-16(13)20;3*1-3-2;2*1-2/h4-9,12H,10-11H2,1-3H3;3*3H2,1-2H3;2*1-2H3. The Balaban J connectivity index is -0.000000759. The predicted molar refractivity (Wildman–Crippen MR) is 173 cm³/mol. The Morgan fingerprint density at radius 2 is 1.41 bits per heavy atom. The SMILES string of the molecule is CC.CC.CCC.CCC.CCC.CSc1ccc2c(c1)CCN2C(=O)c1ccccc1N(C)S(C)=O. The van der Waals surface area contributed by atoms with Crippen molar-refractivity contribution < 1.29 is 9.00 Å². The molecule has 4 nitrogen and oxygen atoms in total. The molecule has 1 aliphatic heterocycles. The molecule has 0 radical (unpaired) electrons. The molecule has 214 valence electrons. The summed E-state index contributed by atoms with van der Waals surface area (Å²) in [4.78, 5) is 16.1. The van der Waals surface area contributed by atoms with Gasteiger partial charge in [-0.05, 0) is 48.6 Å². The highest BCUT2D eigenvalue weighted by atomic mass is 32.2. The molecule has 0 spiro atoms. The van der Waals surface area contributed by atoms with Crippen molar-refractivity contribution in [1.29, 1.82) is 0 Å². The number of para-hydroxylation sites is 1. The highest BCUT2D eigenvalue weighted by Gasteiger charge is 2.28. The van der Waals surface area contributed by atoms with Gasteiger partial charge < -0.3 is 4.90 Å². The average Bonchev–Trinajstić information content (AvgIpc) is 3.34. The molecular formula is C31H56N2O2S2. The zero-order valence-electron chi connectivity index (χ0n) is 26.1. The largest absolute Gasteiger partial charge is 0.308 e. The predicted octanol–water partition coefficient (Wildman–Crippen LogP) is 9.64. The first-order valence-corrected chi connectivity index (χ1v) is 16.7. The molecule has 1 unspecified atom stereocenters. The van der Waals surface area contributed by atoms with Crippen LogP contribution in [-0.2, 0) is 17.4 Å². The van der Waals surface area contributed by atoms with E-state index in [0.717, 1.165) is 12.1 Å². The summed E-state index contributed by atoms with van der Waals surface area (Å²) in [5, 5.41) is 0. The van der Waals surface area contributed by atoms with Crippen molar-refractivity contribution in [3.63, 3.8) is 0 Å². The topological polar surface area (TPSA) is 40.6 Å². The lowest BCUT2D eigenvalue weighted by atomic mass is 10.1. The second kappa shape index (κ2) is 25.8. The number of amides is 1. The van der Waals surface area contributed by atoms with E-state index in [1.807, 2.05) is 62.9 Å². The van der Waals surface area contributed by atoms with E-state index in [1.54, 1.807) is 35.4 Å². The normalized spacial score (nSPS) is 11.1. The van der Waals surface area contributed by atoms with Gasteiger partial charge in [0.25, 0.3) is 5.91 Å². The zero-order valence-corrected chi connectivity index (χ0v) is 27.7. The number of hydrogen-bond acceptors (Lipinski definition) is 3. The van der Waals surface area contributed by atoms with Crippen LogP contribution in [0.3, 0.4) is 0 Å². The fourth-order valence-electron chi connectivity index (χ4n) is 2.93. The third-order valence-electron chi connectivity index (χ3n) is 4.29. The van der Waals surface area contributed by atoms with Gasteiger partial charge in [-0.15, -0.1) is 11.8 Å². The Morgan fingerprint density at radius 1 is 0.919 bits per heavy atom. The summed E-state index contributed by atoms with van der Waals surface area (Å²) >= 11 is 1.71. The van der Waals surface area contributed by atoms with Gasteiger partial charge in [-0.25, -0.2) is 4.21 Å². The maximum Gasteiger partial charge on any atom is 0.260 e. The maximum absolute atomic E-state index is 13.1. The second-order valence-corrected chi connectivity index (χ2v) is 10.0. The van der Waals surface area contributed by atoms with Crippen LogP contribution >= 0.6 is 11.8 Å². The number of carbonyl (C=O) groups is 1. The number of anilines is 2. The van der Waals surface area contributed by atoms with Crippen LogP contribution < -0.4 is 9.21 Å². The Labute approximate surface area is 237 Å². The van der Waals surface area contributed by atoms with Gasteiger partial charge in [0.1, 0.15) is 11.0 Å². The van der Waals surface area contributed by atoms with Crippen molar-refractivity contribution in [2.75, 3.05) is 35.3 Å². The number of benzene rings is 2. The summed E-state index contributed by atoms with van der Waals surface area (Å²) in [5.74, 6) is -0.0430. The highest BCUT2D eigenvalue weighted by molar-refractivity contribution is 7.98. The van der Waals surface area contributed by atoms with Gasteiger partial charge in [-0.1, -0.05) is 101 Å². The van der Waals surface area contributed by atoms with Crippen molar-refractivity contribution in [3.05, 3.63) is 53.6 Å². The third kappa shape index (κ3) is 14.7. The number of thioether (sulfide) groups is 1. The van der Waals surface area contributed by atoms with Crippen LogP contribution in [0.4, 0.5) is 11.4 Å². The summed E-state index contributed by atoms with van der Waals surface area (Å²) < 4.78 is 13.4. The molecule has 1 atom stereocenters. The summed E-state index contributed by atoms with van der Waals surface area (Å²) in [5.41, 5.74) is 3.46. The fourth-order valence-corrected chi connectivity index (χ4v) is 3.83. The van der Waals surface area contributed by atoms with Crippen molar-refractivity contribution in [2.24, 2.45) is 0 Å². The minimum absolute atomic E-state index is 0.0430.